The molecule has 2 aliphatic rings. The van der Waals surface area contributed by atoms with Crippen molar-refractivity contribution in [1.82, 2.24) is 28.8 Å². The van der Waals surface area contributed by atoms with Gasteiger partial charge < -0.3 is 5.11 Å². The van der Waals surface area contributed by atoms with Crippen LogP contribution >= 0.6 is 0 Å². The average molecular weight is 366 g/mol. The molecule has 2 aromatic heterocycles. The Bertz CT molecular complexity index is 911. The van der Waals surface area contributed by atoms with Crippen LogP contribution in [-0.4, -0.2) is 80.7 Å². The number of sulfonamides is 1. The molecule has 2 aromatic rings. The van der Waals surface area contributed by atoms with Gasteiger partial charge >= 0.3 is 5.97 Å². The van der Waals surface area contributed by atoms with Crippen molar-refractivity contribution in [1.29, 1.82) is 0 Å². The van der Waals surface area contributed by atoms with Crippen molar-refractivity contribution in [2.24, 2.45) is 11.3 Å². The molecule has 2 fully saturated rings. The first-order valence-electron chi connectivity index (χ1n) is 7.85. The van der Waals surface area contributed by atoms with Gasteiger partial charge in [-0.25, -0.2) is 22.2 Å². The highest BCUT2D eigenvalue weighted by molar-refractivity contribution is 7.88. The first-order chi connectivity index (χ1) is 11.8. The maximum Gasteiger partial charge on any atom is 0.312 e. The Morgan fingerprint density at radius 1 is 1.40 bits per heavy atom. The van der Waals surface area contributed by atoms with Gasteiger partial charge in [-0.1, -0.05) is 0 Å². The summed E-state index contributed by atoms with van der Waals surface area (Å²) < 4.78 is 26.4. The lowest BCUT2D eigenvalue weighted by atomic mass is 9.81. The molecule has 134 valence electrons. The molecule has 11 heteroatoms. The maximum absolute atomic E-state index is 11.9. The second-order valence-corrected chi connectivity index (χ2v) is 8.76. The second kappa shape index (κ2) is 5.44. The van der Waals surface area contributed by atoms with Crippen molar-refractivity contribution in [3.63, 3.8) is 0 Å². The molecule has 0 aromatic carbocycles. The summed E-state index contributed by atoms with van der Waals surface area (Å²) in [6.07, 6.45) is 4.50. The molecule has 0 unspecified atom stereocenters. The van der Waals surface area contributed by atoms with Crippen molar-refractivity contribution in [2.75, 3.05) is 32.4 Å². The van der Waals surface area contributed by atoms with E-state index in [4.69, 9.17) is 0 Å². The monoisotopic (exact) mass is 366 g/mol. The molecular formula is C14H18N6O4S. The Kier molecular flexibility index (Phi) is 3.56. The first-order valence-corrected chi connectivity index (χ1v) is 9.70. The summed E-state index contributed by atoms with van der Waals surface area (Å²) in [5.41, 5.74) is -1.07. The van der Waals surface area contributed by atoms with Crippen LogP contribution in [0.25, 0.3) is 5.78 Å². The number of carboxylic acid groups (broad SMARTS) is 1. The number of likely N-dealkylation sites (tertiary alicyclic amines) is 1. The Balaban J connectivity index is 1.55. The summed E-state index contributed by atoms with van der Waals surface area (Å²) in [4.78, 5) is 22.4. The van der Waals surface area contributed by atoms with Gasteiger partial charge in [0, 0.05) is 44.5 Å². The van der Waals surface area contributed by atoms with Gasteiger partial charge in [-0.05, 0) is 6.07 Å². The number of hydrogen-bond donors (Lipinski definition) is 1. The minimum atomic E-state index is -3.39. The van der Waals surface area contributed by atoms with E-state index in [9.17, 15) is 18.3 Å². The minimum absolute atomic E-state index is 0.0164. The van der Waals surface area contributed by atoms with Crippen LogP contribution in [0.3, 0.4) is 0 Å². The van der Waals surface area contributed by atoms with Crippen molar-refractivity contribution in [3.05, 3.63) is 24.3 Å². The molecule has 4 rings (SSSR count). The summed E-state index contributed by atoms with van der Waals surface area (Å²) in [6.45, 7) is 1.45. The smallest absolute Gasteiger partial charge is 0.312 e. The van der Waals surface area contributed by atoms with Crippen LogP contribution in [0.4, 0.5) is 0 Å². The average Bonchev–Trinajstić information content (AvgIpc) is 3.15. The predicted octanol–water partition coefficient (Wildman–Crippen LogP) is -1.10. The van der Waals surface area contributed by atoms with Gasteiger partial charge in [0.1, 0.15) is 0 Å². The van der Waals surface area contributed by atoms with Crippen LogP contribution in [0.15, 0.2) is 18.5 Å². The van der Waals surface area contributed by atoms with E-state index < -0.39 is 21.4 Å². The molecule has 1 N–H and O–H groups in total. The number of carbonyl (C=O) groups is 1. The fourth-order valence-corrected chi connectivity index (χ4v) is 4.76. The lowest BCUT2D eigenvalue weighted by molar-refractivity contribution is -0.148. The highest BCUT2D eigenvalue weighted by atomic mass is 32.2. The SMILES string of the molecule is CS(=O)(=O)N1C[C@H]2CN(Cc3nc4ncccn4n3)C[C@@]2(C(=O)O)C1. The molecular weight excluding hydrogens is 348 g/mol. The molecule has 0 spiro atoms. The zero-order chi connectivity index (χ0) is 17.8. The standard InChI is InChI=1S/C14H18N6O4S/c1-25(23,24)19-6-10-5-18(8-14(10,9-19)12(21)22)7-11-16-13-15-3-2-4-20(13)17-11/h2-4,10H,5-9H2,1H3,(H,21,22)/t10-,14-/m1/s1. The summed E-state index contributed by atoms with van der Waals surface area (Å²) in [6, 6.07) is 1.75. The molecule has 10 nitrogen and oxygen atoms in total. The maximum atomic E-state index is 11.9. The third-order valence-corrected chi connectivity index (χ3v) is 6.28. The molecule has 2 saturated heterocycles. The lowest BCUT2D eigenvalue weighted by Gasteiger charge is -2.24. The third kappa shape index (κ3) is 2.68. The molecule has 25 heavy (non-hydrogen) atoms. The topological polar surface area (TPSA) is 121 Å². The van der Waals surface area contributed by atoms with E-state index in [0.29, 0.717) is 24.7 Å². The van der Waals surface area contributed by atoms with Gasteiger partial charge in [-0.15, -0.1) is 5.10 Å². The number of nitrogens with zero attached hydrogens (tertiary/aromatic N) is 6. The number of aromatic nitrogens is 4. The Morgan fingerprint density at radius 3 is 2.84 bits per heavy atom. The normalized spacial score (nSPS) is 27.8. The fourth-order valence-electron chi connectivity index (χ4n) is 3.84. The van der Waals surface area contributed by atoms with E-state index >= 15 is 0 Å². The number of hydrogen-bond acceptors (Lipinski definition) is 7. The van der Waals surface area contributed by atoms with Crippen LogP contribution in [0.5, 0.6) is 0 Å². The van der Waals surface area contributed by atoms with E-state index in [-0.39, 0.29) is 25.6 Å². The molecule has 0 bridgehead atoms. The molecule has 0 radical (unpaired) electrons. The van der Waals surface area contributed by atoms with E-state index in [1.807, 2.05) is 4.90 Å². The number of carboxylic acids is 1. The van der Waals surface area contributed by atoms with Crippen LogP contribution < -0.4 is 0 Å². The summed E-state index contributed by atoms with van der Waals surface area (Å²) in [5.74, 6) is -0.127. The van der Waals surface area contributed by atoms with E-state index in [1.54, 1.807) is 23.0 Å². The van der Waals surface area contributed by atoms with Gasteiger partial charge in [0.2, 0.25) is 10.0 Å². The Morgan fingerprint density at radius 2 is 2.20 bits per heavy atom. The lowest BCUT2D eigenvalue weighted by Crippen LogP contribution is -2.41. The first kappa shape index (κ1) is 16.4. The molecule has 0 saturated carbocycles. The predicted molar refractivity (Wildman–Crippen MR) is 86.0 cm³/mol. The molecule has 2 aliphatic heterocycles. The van der Waals surface area contributed by atoms with Gasteiger partial charge in [0.25, 0.3) is 5.78 Å². The van der Waals surface area contributed by atoms with Crippen molar-refractivity contribution >= 4 is 21.8 Å². The highest BCUT2D eigenvalue weighted by Gasteiger charge is 2.59. The van der Waals surface area contributed by atoms with Crippen LogP contribution in [-0.2, 0) is 21.4 Å². The fraction of sp³-hybridized carbons (Fsp3) is 0.571. The molecule has 4 heterocycles. The quantitative estimate of drug-likeness (QED) is 0.724. The Labute approximate surface area is 144 Å². The second-order valence-electron chi connectivity index (χ2n) is 6.78. The number of rotatable bonds is 4. The van der Waals surface area contributed by atoms with Crippen LogP contribution in [0.2, 0.25) is 0 Å². The van der Waals surface area contributed by atoms with E-state index in [2.05, 4.69) is 15.1 Å². The largest absolute Gasteiger partial charge is 0.481 e. The van der Waals surface area contributed by atoms with Gasteiger partial charge in [0.05, 0.1) is 18.2 Å². The van der Waals surface area contributed by atoms with Crippen LogP contribution in [0.1, 0.15) is 5.82 Å². The van der Waals surface area contributed by atoms with Crippen molar-refractivity contribution < 1.29 is 18.3 Å². The zero-order valence-electron chi connectivity index (χ0n) is 13.6. The molecule has 0 aliphatic carbocycles. The summed E-state index contributed by atoms with van der Waals surface area (Å²) >= 11 is 0. The summed E-state index contributed by atoms with van der Waals surface area (Å²) in [5, 5.41) is 14.1. The van der Waals surface area contributed by atoms with E-state index in [1.165, 1.54) is 4.31 Å². The third-order valence-electron chi connectivity index (χ3n) is 5.07. The van der Waals surface area contributed by atoms with Gasteiger partial charge in [-0.2, -0.15) is 4.98 Å². The van der Waals surface area contributed by atoms with Crippen molar-refractivity contribution in [2.45, 2.75) is 6.54 Å². The van der Waals surface area contributed by atoms with Crippen LogP contribution in [0, 0.1) is 11.3 Å². The Hall–Kier alpha value is -2.11. The molecule has 0 amide bonds. The van der Waals surface area contributed by atoms with Gasteiger partial charge in [0.15, 0.2) is 5.82 Å². The highest BCUT2D eigenvalue weighted by Crippen LogP contribution is 2.43. The summed E-state index contributed by atoms with van der Waals surface area (Å²) in [7, 11) is -3.39. The molecule has 2 atom stereocenters. The van der Waals surface area contributed by atoms with Gasteiger partial charge in [-0.3, -0.25) is 9.69 Å². The number of fused-ring (bicyclic) bond motifs is 2. The number of aliphatic carboxylic acids is 1. The van der Waals surface area contributed by atoms with Crippen molar-refractivity contribution in [3.8, 4) is 0 Å². The van der Waals surface area contributed by atoms with E-state index in [0.717, 1.165) is 6.26 Å². The zero-order valence-corrected chi connectivity index (χ0v) is 14.4. The minimum Gasteiger partial charge on any atom is -0.481 e.